The van der Waals surface area contributed by atoms with Gasteiger partial charge in [0, 0.05) is 17.5 Å². The normalized spacial score (nSPS) is 13.7. The Labute approximate surface area is 97.1 Å². The van der Waals surface area contributed by atoms with Crippen molar-refractivity contribution >= 4 is 11.3 Å². The highest BCUT2D eigenvalue weighted by Crippen LogP contribution is 2.11. The lowest BCUT2D eigenvalue weighted by Gasteiger charge is -2.20. The van der Waals surface area contributed by atoms with Gasteiger partial charge in [-0.05, 0) is 37.4 Å². The summed E-state index contributed by atoms with van der Waals surface area (Å²) in [6.07, 6.45) is 1.08. The van der Waals surface area contributed by atoms with Crippen LogP contribution in [0.3, 0.4) is 0 Å². The van der Waals surface area contributed by atoms with Gasteiger partial charge >= 0.3 is 0 Å². The molecule has 3 heteroatoms. The lowest BCUT2D eigenvalue weighted by molar-refractivity contribution is 0.298. The molecule has 2 nitrogen and oxygen atoms in total. The minimum absolute atomic E-state index is 0.329. The summed E-state index contributed by atoms with van der Waals surface area (Å²) in [5, 5.41) is 2.13. The second-order valence-electron chi connectivity index (χ2n) is 4.51. The molecule has 0 fully saturated rings. The van der Waals surface area contributed by atoms with Gasteiger partial charge in [-0.1, -0.05) is 19.9 Å². The van der Waals surface area contributed by atoms with Gasteiger partial charge in [0.05, 0.1) is 0 Å². The van der Waals surface area contributed by atoms with Gasteiger partial charge in [0.15, 0.2) is 0 Å². The topological polar surface area (TPSA) is 29.3 Å². The third-order valence-corrected chi connectivity index (χ3v) is 3.57. The Morgan fingerprint density at radius 1 is 1.47 bits per heavy atom. The maximum Gasteiger partial charge on any atom is 0.0324 e. The van der Waals surface area contributed by atoms with Gasteiger partial charge in [0.1, 0.15) is 0 Å². The van der Waals surface area contributed by atoms with E-state index in [1.165, 1.54) is 4.88 Å². The molecule has 0 aliphatic carbocycles. The van der Waals surface area contributed by atoms with E-state index < -0.39 is 0 Å². The van der Waals surface area contributed by atoms with Crippen LogP contribution < -0.4 is 5.73 Å². The van der Waals surface area contributed by atoms with E-state index in [9.17, 15) is 0 Å². The van der Waals surface area contributed by atoms with Crippen LogP contribution in [0.5, 0.6) is 0 Å². The predicted molar refractivity (Wildman–Crippen MR) is 68.1 cm³/mol. The van der Waals surface area contributed by atoms with Crippen molar-refractivity contribution in [3.05, 3.63) is 22.4 Å². The van der Waals surface area contributed by atoms with Crippen molar-refractivity contribution in [2.75, 3.05) is 13.6 Å². The molecule has 0 amide bonds. The van der Waals surface area contributed by atoms with Crippen molar-refractivity contribution < 1.29 is 0 Å². The summed E-state index contributed by atoms with van der Waals surface area (Å²) in [4.78, 5) is 3.77. The lowest BCUT2D eigenvalue weighted by atomic mass is 10.0. The summed E-state index contributed by atoms with van der Waals surface area (Å²) >= 11 is 1.82. The summed E-state index contributed by atoms with van der Waals surface area (Å²) in [6, 6.07) is 4.62. The Bertz CT molecular complexity index is 257. The fourth-order valence-corrected chi connectivity index (χ4v) is 2.23. The van der Waals surface area contributed by atoms with Crippen LogP contribution >= 0.6 is 11.3 Å². The van der Waals surface area contributed by atoms with Crippen LogP contribution in [0.2, 0.25) is 0 Å². The molecule has 86 valence electrons. The van der Waals surface area contributed by atoms with Crippen LogP contribution in [-0.4, -0.2) is 24.5 Å². The summed E-state index contributed by atoms with van der Waals surface area (Å²) in [5.74, 6) is 0.583. The maximum absolute atomic E-state index is 6.01. The van der Waals surface area contributed by atoms with Crippen molar-refractivity contribution in [3.8, 4) is 0 Å². The van der Waals surface area contributed by atoms with Gasteiger partial charge in [-0.25, -0.2) is 0 Å². The van der Waals surface area contributed by atoms with Crippen LogP contribution in [0, 0.1) is 5.92 Å². The average Bonchev–Trinajstić information content (AvgIpc) is 2.66. The SMILES string of the molecule is CC(C)C(N)CCN(C)Cc1cccs1. The molecule has 1 aromatic rings. The summed E-state index contributed by atoms with van der Waals surface area (Å²) in [5.41, 5.74) is 6.01. The van der Waals surface area contributed by atoms with E-state index in [4.69, 9.17) is 5.73 Å². The Kier molecular flexibility index (Phi) is 5.29. The van der Waals surface area contributed by atoms with Crippen molar-refractivity contribution in [1.82, 2.24) is 4.90 Å². The first-order valence-corrected chi connectivity index (χ1v) is 6.44. The fourth-order valence-electron chi connectivity index (χ4n) is 1.45. The molecule has 1 aromatic heterocycles. The van der Waals surface area contributed by atoms with Crippen LogP contribution in [0.25, 0.3) is 0 Å². The molecule has 0 radical (unpaired) electrons. The Morgan fingerprint density at radius 3 is 2.73 bits per heavy atom. The molecule has 0 spiro atoms. The fraction of sp³-hybridized carbons (Fsp3) is 0.667. The molecule has 0 bridgehead atoms. The van der Waals surface area contributed by atoms with E-state index in [2.05, 4.69) is 43.3 Å². The van der Waals surface area contributed by atoms with E-state index in [0.29, 0.717) is 12.0 Å². The van der Waals surface area contributed by atoms with E-state index in [-0.39, 0.29) is 0 Å². The third-order valence-electron chi connectivity index (χ3n) is 2.71. The Morgan fingerprint density at radius 2 is 2.20 bits per heavy atom. The number of hydrogen-bond acceptors (Lipinski definition) is 3. The van der Waals surface area contributed by atoms with Gasteiger partial charge in [0.2, 0.25) is 0 Å². The van der Waals surface area contributed by atoms with E-state index in [1.54, 1.807) is 0 Å². The molecule has 1 atom stereocenters. The monoisotopic (exact) mass is 226 g/mol. The maximum atomic E-state index is 6.01. The molecule has 15 heavy (non-hydrogen) atoms. The number of nitrogens with two attached hydrogens (primary N) is 1. The molecule has 1 unspecified atom stereocenters. The molecule has 0 saturated heterocycles. The molecule has 2 N–H and O–H groups in total. The highest BCUT2D eigenvalue weighted by Gasteiger charge is 2.09. The highest BCUT2D eigenvalue weighted by atomic mass is 32.1. The molecular weight excluding hydrogens is 204 g/mol. The molecule has 0 saturated carbocycles. The van der Waals surface area contributed by atoms with E-state index in [1.807, 2.05) is 11.3 Å². The summed E-state index contributed by atoms with van der Waals surface area (Å²) in [6.45, 7) is 6.49. The number of nitrogens with zero attached hydrogens (tertiary/aromatic N) is 1. The van der Waals surface area contributed by atoms with Crippen molar-refractivity contribution in [2.45, 2.75) is 32.9 Å². The first-order valence-electron chi connectivity index (χ1n) is 5.56. The van der Waals surface area contributed by atoms with Gasteiger partial charge in [-0.3, -0.25) is 0 Å². The first kappa shape index (κ1) is 12.7. The zero-order chi connectivity index (χ0) is 11.3. The standard InChI is InChI=1S/C12H22N2S/c1-10(2)12(13)6-7-14(3)9-11-5-4-8-15-11/h4-5,8,10,12H,6-7,9,13H2,1-3H3. The second kappa shape index (κ2) is 6.26. The number of hydrogen-bond donors (Lipinski definition) is 1. The molecule has 1 heterocycles. The van der Waals surface area contributed by atoms with Crippen LogP contribution in [0.15, 0.2) is 17.5 Å². The van der Waals surface area contributed by atoms with Gasteiger partial charge in [-0.15, -0.1) is 11.3 Å². The largest absolute Gasteiger partial charge is 0.327 e. The van der Waals surface area contributed by atoms with E-state index >= 15 is 0 Å². The molecule has 0 aliphatic heterocycles. The Balaban J connectivity index is 2.22. The van der Waals surface area contributed by atoms with Crippen molar-refractivity contribution in [2.24, 2.45) is 11.7 Å². The van der Waals surface area contributed by atoms with E-state index in [0.717, 1.165) is 19.5 Å². The summed E-state index contributed by atoms with van der Waals surface area (Å²) in [7, 11) is 2.16. The highest BCUT2D eigenvalue weighted by molar-refractivity contribution is 7.09. The minimum Gasteiger partial charge on any atom is -0.327 e. The van der Waals surface area contributed by atoms with Crippen molar-refractivity contribution in [1.29, 1.82) is 0 Å². The van der Waals surface area contributed by atoms with Gasteiger partial charge < -0.3 is 10.6 Å². The molecule has 1 rings (SSSR count). The summed E-state index contributed by atoms with van der Waals surface area (Å²) < 4.78 is 0. The van der Waals surface area contributed by atoms with Gasteiger partial charge in [0.25, 0.3) is 0 Å². The number of thiophene rings is 1. The number of rotatable bonds is 6. The zero-order valence-corrected chi connectivity index (χ0v) is 10.8. The third kappa shape index (κ3) is 4.78. The van der Waals surface area contributed by atoms with Crippen LogP contribution in [0.1, 0.15) is 25.1 Å². The average molecular weight is 226 g/mol. The van der Waals surface area contributed by atoms with Gasteiger partial charge in [-0.2, -0.15) is 0 Å². The Hall–Kier alpha value is -0.380. The molecular formula is C12H22N2S. The lowest BCUT2D eigenvalue weighted by Crippen LogP contribution is -2.31. The van der Waals surface area contributed by atoms with Crippen molar-refractivity contribution in [3.63, 3.8) is 0 Å². The van der Waals surface area contributed by atoms with Crippen LogP contribution in [0.4, 0.5) is 0 Å². The quantitative estimate of drug-likeness (QED) is 0.808. The smallest absolute Gasteiger partial charge is 0.0324 e. The first-order chi connectivity index (χ1) is 7.09. The molecule has 0 aromatic carbocycles. The minimum atomic E-state index is 0.329. The predicted octanol–water partition coefficient (Wildman–Crippen LogP) is 2.55. The second-order valence-corrected chi connectivity index (χ2v) is 5.55. The zero-order valence-electron chi connectivity index (χ0n) is 9.94. The van der Waals surface area contributed by atoms with Crippen LogP contribution in [-0.2, 0) is 6.54 Å². The molecule has 0 aliphatic rings.